The lowest BCUT2D eigenvalue weighted by atomic mass is 10.3. The normalized spacial score (nSPS) is 12.8. The highest BCUT2D eigenvalue weighted by Crippen LogP contribution is 2.15. The van der Waals surface area contributed by atoms with E-state index in [4.69, 9.17) is 0 Å². The maximum atomic E-state index is 12.3. The van der Waals surface area contributed by atoms with Crippen LogP contribution in [0.4, 0.5) is 0 Å². The Kier molecular flexibility index (Phi) is 6.11. The lowest BCUT2D eigenvalue weighted by Crippen LogP contribution is -2.45. The number of amides is 1. The van der Waals surface area contributed by atoms with E-state index in [1.165, 1.54) is 19.1 Å². The number of fused-ring (bicyclic) bond motifs is 1. The molecule has 2 N–H and O–H groups in total. The molecule has 0 saturated carbocycles. The molecule has 0 bridgehead atoms. The summed E-state index contributed by atoms with van der Waals surface area (Å²) in [5.74, 6) is 0.572. The van der Waals surface area contributed by atoms with E-state index in [1.54, 1.807) is 18.2 Å². The van der Waals surface area contributed by atoms with Crippen molar-refractivity contribution < 1.29 is 13.2 Å². The molecular weight excluding hydrogens is 376 g/mol. The fraction of sp³-hybridized carbons (Fsp3) is 0.300. The molecule has 7 nitrogen and oxygen atoms in total. The molecule has 0 radical (unpaired) electrons. The number of nitrogens with zero attached hydrogens (tertiary/aromatic N) is 2. The first-order valence-corrected chi connectivity index (χ1v) is 10.6. The van der Waals surface area contributed by atoms with Gasteiger partial charge in [-0.15, -0.1) is 0 Å². The number of nitrogens with one attached hydrogen (secondary N) is 2. The number of hydrogen-bond acceptors (Lipinski definition) is 4. The summed E-state index contributed by atoms with van der Waals surface area (Å²) in [7, 11) is -3.72. The molecule has 2 aromatic carbocycles. The van der Waals surface area contributed by atoms with E-state index in [0.717, 1.165) is 23.4 Å². The Labute approximate surface area is 164 Å². The molecule has 0 fully saturated rings. The second-order valence-electron chi connectivity index (χ2n) is 6.60. The summed E-state index contributed by atoms with van der Waals surface area (Å²) in [5.41, 5.74) is 2.02. The first kappa shape index (κ1) is 20.0. The summed E-state index contributed by atoms with van der Waals surface area (Å²) in [6.45, 7) is 4.65. The van der Waals surface area contributed by atoms with Crippen LogP contribution in [-0.4, -0.2) is 36.5 Å². The number of aryl methyl sites for hydroxylation is 2. The molecule has 0 aliphatic heterocycles. The second kappa shape index (κ2) is 8.53. The van der Waals surface area contributed by atoms with Crippen LogP contribution in [0.1, 0.15) is 19.2 Å². The summed E-state index contributed by atoms with van der Waals surface area (Å²) >= 11 is 0. The fourth-order valence-corrected chi connectivity index (χ4v) is 4.26. The second-order valence-corrected chi connectivity index (χ2v) is 8.31. The molecule has 1 aromatic heterocycles. The van der Waals surface area contributed by atoms with Gasteiger partial charge in [-0.2, -0.15) is 4.72 Å². The van der Waals surface area contributed by atoms with E-state index in [2.05, 4.69) is 19.6 Å². The molecule has 1 atom stereocenters. The van der Waals surface area contributed by atoms with Crippen LogP contribution in [0.2, 0.25) is 0 Å². The minimum Gasteiger partial charge on any atom is -0.355 e. The van der Waals surface area contributed by atoms with Gasteiger partial charge in [-0.1, -0.05) is 30.3 Å². The number of rotatable bonds is 8. The van der Waals surface area contributed by atoms with Crippen molar-refractivity contribution in [3.05, 3.63) is 60.4 Å². The third-order valence-corrected chi connectivity index (χ3v) is 6.04. The van der Waals surface area contributed by atoms with Crippen molar-refractivity contribution in [2.75, 3.05) is 6.54 Å². The highest BCUT2D eigenvalue weighted by molar-refractivity contribution is 7.89. The molecule has 3 aromatic rings. The molecule has 3 rings (SSSR count). The summed E-state index contributed by atoms with van der Waals surface area (Å²) in [6, 6.07) is 15.1. The SMILES string of the molecule is Cc1nc2ccccc2n1CCCNC(=O)[C@H](C)NS(=O)(=O)c1ccccc1. The number of carbonyl (C=O) groups is 1. The van der Waals surface area contributed by atoms with Gasteiger partial charge in [-0.3, -0.25) is 4.79 Å². The van der Waals surface area contributed by atoms with Crippen molar-refractivity contribution in [3.8, 4) is 0 Å². The van der Waals surface area contributed by atoms with E-state index in [9.17, 15) is 13.2 Å². The van der Waals surface area contributed by atoms with Crippen LogP contribution in [0.5, 0.6) is 0 Å². The average Bonchev–Trinajstić information content (AvgIpc) is 3.00. The zero-order chi connectivity index (χ0) is 20.1. The van der Waals surface area contributed by atoms with Crippen LogP contribution in [-0.2, 0) is 21.4 Å². The van der Waals surface area contributed by atoms with Crippen LogP contribution < -0.4 is 10.0 Å². The summed E-state index contributed by atoms with van der Waals surface area (Å²) in [6.07, 6.45) is 0.713. The van der Waals surface area contributed by atoms with Crippen molar-refractivity contribution in [1.82, 2.24) is 19.6 Å². The van der Waals surface area contributed by atoms with Crippen molar-refractivity contribution in [1.29, 1.82) is 0 Å². The third-order valence-electron chi connectivity index (χ3n) is 4.48. The molecule has 1 heterocycles. The maximum Gasteiger partial charge on any atom is 0.241 e. The molecular formula is C20H24N4O3S. The molecule has 0 aliphatic rings. The number of carbonyl (C=O) groups excluding carboxylic acids is 1. The van der Waals surface area contributed by atoms with Gasteiger partial charge in [0.15, 0.2) is 0 Å². The zero-order valence-corrected chi connectivity index (χ0v) is 16.7. The summed E-state index contributed by atoms with van der Waals surface area (Å²) in [4.78, 5) is 16.9. The number of aromatic nitrogens is 2. The van der Waals surface area contributed by atoms with Gasteiger partial charge >= 0.3 is 0 Å². The average molecular weight is 401 g/mol. The van der Waals surface area contributed by atoms with Gasteiger partial charge in [0.05, 0.1) is 22.0 Å². The van der Waals surface area contributed by atoms with Crippen molar-refractivity contribution in [2.45, 2.75) is 37.8 Å². The van der Waals surface area contributed by atoms with E-state index in [-0.39, 0.29) is 10.8 Å². The number of imidazole rings is 1. The molecule has 0 aliphatic carbocycles. The van der Waals surface area contributed by atoms with Gasteiger partial charge in [0.2, 0.25) is 15.9 Å². The predicted molar refractivity (Wildman–Crippen MR) is 108 cm³/mol. The molecule has 0 unspecified atom stereocenters. The standard InChI is InChI=1S/C20H24N4O3S/c1-15(23-28(26,27)17-9-4-3-5-10-17)20(25)21-13-8-14-24-16(2)22-18-11-6-7-12-19(18)24/h3-7,9-12,15,23H,8,13-14H2,1-2H3,(H,21,25)/t15-/m0/s1. The minimum atomic E-state index is -3.72. The Balaban J connectivity index is 1.51. The number of hydrogen-bond donors (Lipinski definition) is 2. The number of benzene rings is 2. The first-order chi connectivity index (χ1) is 13.4. The van der Waals surface area contributed by atoms with E-state index >= 15 is 0 Å². The quantitative estimate of drug-likeness (QED) is 0.567. The van der Waals surface area contributed by atoms with Gasteiger partial charge in [0, 0.05) is 13.1 Å². The lowest BCUT2D eigenvalue weighted by Gasteiger charge is -2.15. The van der Waals surface area contributed by atoms with Gasteiger partial charge in [0.1, 0.15) is 5.82 Å². The molecule has 8 heteroatoms. The first-order valence-electron chi connectivity index (χ1n) is 9.15. The molecule has 0 spiro atoms. The Hall–Kier alpha value is -2.71. The number of para-hydroxylation sites is 2. The highest BCUT2D eigenvalue weighted by atomic mass is 32.2. The number of sulfonamides is 1. The van der Waals surface area contributed by atoms with Crippen molar-refractivity contribution >= 4 is 27.0 Å². The third kappa shape index (κ3) is 4.58. The monoisotopic (exact) mass is 400 g/mol. The van der Waals surface area contributed by atoms with Gasteiger partial charge in [-0.25, -0.2) is 13.4 Å². The lowest BCUT2D eigenvalue weighted by molar-refractivity contribution is -0.122. The zero-order valence-electron chi connectivity index (χ0n) is 15.9. The highest BCUT2D eigenvalue weighted by Gasteiger charge is 2.21. The van der Waals surface area contributed by atoms with E-state index in [1.807, 2.05) is 31.2 Å². The van der Waals surface area contributed by atoms with Crippen LogP contribution in [0.3, 0.4) is 0 Å². The van der Waals surface area contributed by atoms with Crippen LogP contribution in [0.25, 0.3) is 11.0 Å². The van der Waals surface area contributed by atoms with Crippen molar-refractivity contribution in [2.24, 2.45) is 0 Å². The largest absolute Gasteiger partial charge is 0.355 e. The summed E-state index contributed by atoms with van der Waals surface area (Å²) < 4.78 is 29.1. The Bertz CT molecular complexity index is 1060. The van der Waals surface area contributed by atoms with Crippen molar-refractivity contribution in [3.63, 3.8) is 0 Å². The molecule has 28 heavy (non-hydrogen) atoms. The van der Waals surface area contributed by atoms with Crippen LogP contribution in [0, 0.1) is 6.92 Å². The van der Waals surface area contributed by atoms with Crippen LogP contribution in [0.15, 0.2) is 59.5 Å². The Morgan fingerprint density at radius 3 is 2.54 bits per heavy atom. The van der Waals surface area contributed by atoms with E-state index in [0.29, 0.717) is 13.0 Å². The Morgan fingerprint density at radius 2 is 1.79 bits per heavy atom. The van der Waals surface area contributed by atoms with E-state index < -0.39 is 16.1 Å². The smallest absolute Gasteiger partial charge is 0.241 e. The van der Waals surface area contributed by atoms with Gasteiger partial charge in [0.25, 0.3) is 0 Å². The van der Waals surface area contributed by atoms with Crippen LogP contribution >= 0.6 is 0 Å². The van der Waals surface area contributed by atoms with Gasteiger partial charge in [-0.05, 0) is 44.5 Å². The molecule has 0 saturated heterocycles. The summed E-state index contributed by atoms with van der Waals surface area (Å²) in [5, 5.41) is 2.79. The maximum absolute atomic E-state index is 12.3. The molecule has 1 amide bonds. The predicted octanol–water partition coefficient (Wildman–Crippen LogP) is 2.22. The fourth-order valence-electron chi connectivity index (χ4n) is 3.03. The molecule has 148 valence electrons. The topological polar surface area (TPSA) is 93.1 Å². The minimum absolute atomic E-state index is 0.136. The van der Waals surface area contributed by atoms with Gasteiger partial charge < -0.3 is 9.88 Å². The Morgan fingerprint density at radius 1 is 1.11 bits per heavy atom.